The average Bonchev–Trinajstić information content (AvgIpc) is 2.61. The maximum atomic E-state index is 12.2. The van der Waals surface area contributed by atoms with Gasteiger partial charge in [-0.1, -0.05) is 36.4 Å². The van der Waals surface area contributed by atoms with Crippen molar-refractivity contribution in [1.29, 1.82) is 0 Å². The number of benzene rings is 1. The maximum Gasteiger partial charge on any atom is 0.407 e. The van der Waals surface area contributed by atoms with Crippen LogP contribution >= 0.6 is 13.5 Å². The maximum absolute atomic E-state index is 12.2. The van der Waals surface area contributed by atoms with Gasteiger partial charge in [0.05, 0.1) is 17.8 Å². The molecule has 0 radical (unpaired) electrons. The second-order valence-corrected chi connectivity index (χ2v) is 7.46. The third-order valence-corrected chi connectivity index (χ3v) is 3.85. The van der Waals surface area contributed by atoms with Gasteiger partial charge >= 0.3 is 6.09 Å². The number of rotatable bonds is 8. The summed E-state index contributed by atoms with van der Waals surface area (Å²) in [6.45, 7) is 6.29. The van der Waals surface area contributed by atoms with E-state index in [1.807, 2.05) is 69.3 Å². The van der Waals surface area contributed by atoms with Crippen molar-refractivity contribution in [2.24, 2.45) is 0 Å². The molecular formula is C21H31N3O3S. The van der Waals surface area contributed by atoms with Crippen molar-refractivity contribution in [3.05, 3.63) is 66.0 Å². The Morgan fingerprint density at radius 3 is 2.43 bits per heavy atom. The second-order valence-electron chi connectivity index (χ2n) is 7.46. The van der Waals surface area contributed by atoms with Gasteiger partial charge < -0.3 is 20.5 Å². The molecule has 1 amide bonds. The first kappa shape index (κ1) is 23.9. The highest BCUT2D eigenvalue weighted by molar-refractivity contribution is 7.59. The van der Waals surface area contributed by atoms with Crippen molar-refractivity contribution in [2.75, 3.05) is 6.54 Å². The first-order valence-corrected chi connectivity index (χ1v) is 9.15. The number of ether oxygens (including phenoxy) is 1. The van der Waals surface area contributed by atoms with Crippen LogP contribution in [0, 0.1) is 0 Å². The molecule has 0 aliphatic carbocycles. The third-order valence-electron chi connectivity index (χ3n) is 3.85. The van der Waals surface area contributed by atoms with Crippen LogP contribution in [0.2, 0.25) is 0 Å². The van der Waals surface area contributed by atoms with E-state index < -0.39 is 23.8 Å². The quantitative estimate of drug-likeness (QED) is 0.629. The first-order valence-electron chi connectivity index (χ1n) is 9.15. The van der Waals surface area contributed by atoms with Gasteiger partial charge in [0.2, 0.25) is 0 Å². The molecule has 2 unspecified atom stereocenters. The van der Waals surface area contributed by atoms with Crippen molar-refractivity contribution < 1.29 is 14.6 Å². The molecule has 154 valence electrons. The normalized spacial score (nSPS) is 13.1. The van der Waals surface area contributed by atoms with Crippen LogP contribution in [0.5, 0.6) is 0 Å². The van der Waals surface area contributed by atoms with Crippen LogP contribution in [0.15, 0.2) is 54.7 Å². The summed E-state index contributed by atoms with van der Waals surface area (Å²) in [5, 5.41) is 16.6. The minimum absolute atomic E-state index is 0. The lowest BCUT2D eigenvalue weighted by molar-refractivity contribution is 0.0422. The molecule has 1 heterocycles. The van der Waals surface area contributed by atoms with E-state index in [1.54, 1.807) is 6.20 Å². The minimum atomic E-state index is -0.776. The second kappa shape index (κ2) is 11.7. The highest BCUT2D eigenvalue weighted by Crippen LogP contribution is 2.10. The fourth-order valence-electron chi connectivity index (χ4n) is 2.60. The Hall–Kier alpha value is -2.09. The molecule has 3 N–H and O–H groups in total. The van der Waals surface area contributed by atoms with Gasteiger partial charge in [0, 0.05) is 19.3 Å². The summed E-state index contributed by atoms with van der Waals surface area (Å²) in [5.41, 5.74) is 1.33. The number of carbonyl (C=O) groups excluding carboxylic acids is 1. The fourth-order valence-corrected chi connectivity index (χ4v) is 2.60. The van der Waals surface area contributed by atoms with Gasteiger partial charge in [-0.05, 0) is 44.9 Å². The topological polar surface area (TPSA) is 83.5 Å². The number of aliphatic hydroxyl groups excluding tert-OH is 1. The van der Waals surface area contributed by atoms with Crippen LogP contribution in [0.25, 0.3) is 0 Å². The minimum Gasteiger partial charge on any atom is -0.444 e. The van der Waals surface area contributed by atoms with E-state index in [0.717, 1.165) is 11.3 Å². The average molecular weight is 406 g/mol. The molecule has 28 heavy (non-hydrogen) atoms. The fraction of sp³-hybridized carbons (Fsp3) is 0.429. The molecule has 6 nitrogen and oxygen atoms in total. The van der Waals surface area contributed by atoms with Crippen molar-refractivity contribution >= 4 is 19.6 Å². The van der Waals surface area contributed by atoms with Crippen molar-refractivity contribution in [1.82, 2.24) is 15.6 Å². The van der Waals surface area contributed by atoms with Gasteiger partial charge in [-0.15, -0.1) is 0 Å². The smallest absolute Gasteiger partial charge is 0.407 e. The van der Waals surface area contributed by atoms with Crippen molar-refractivity contribution in [3.63, 3.8) is 0 Å². The molecule has 7 heteroatoms. The van der Waals surface area contributed by atoms with Gasteiger partial charge in [0.15, 0.2) is 0 Å². The van der Waals surface area contributed by atoms with E-state index in [1.165, 1.54) is 0 Å². The summed E-state index contributed by atoms with van der Waals surface area (Å²) in [4.78, 5) is 16.4. The highest BCUT2D eigenvalue weighted by Gasteiger charge is 2.24. The van der Waals surface area contributed by atoms with E-state index in [2.05, 4.69) is 15.6 Å². The van der Waals surface area contributed by atoms with Crippen LogP contribution in [0.4, 0.5) is 4.79 Å². The summed E-state index contributed by atoms with van der Waals surface area (Å²) >= 11 is 0. The number of hydrogen-bond donors (Lipinski definition) is 3. The molecule has 0 spiro atoms. The van der Waals surface area contributed by atoms with Crippen molar-refractivity contribution in [3.8, 4) is 0 Å². The Kier molecular flexibility index (Phi) is 9.99. The van der Waals surface area contributed by atoms with Gasteiger partial charge in [0.1, 0.15) is 5.60 Å². The summed E-state index contributed by atoms with van der Waals surface area (Å²) < 4.78 is 5.34. The Labute approximate surface area is 174 Å². The number of amides is 1. The number of pyridine rings is 1. The molecule has 0 aliphatic rings. The van der Waals surface area contributed by atoms with Gasteiger partial charge in [-0.3, -0.25) is 4.98 Å². The van der Waals surface area contributed by atoms with Gasteiger partial charge in [-0.25, -0.2) is 4.79 Å². The largest absolute Gasteiger partial charge is 0.444 e. The number of nitrogens with zero attached hydrogens (tertiary/aromatic N) is 1. The lowest BCUT2D eigenvalue weighted by atomic mass is 10.0. The number of alkyl carbamates (subject to hydrolysis) is 1. The highest BCUT2D eigenvalue weighted by atomic mass is 32.1. The predicted molar refractivity (Wildman–Crippen MR) is 116 cm³/mol. The Morgan fingerprint density at radius 1 is 1.14 bits per heavy atom. The van der Waals surface area contributed by atoms with Gasteiger partial charge in [-0.2, -0.15) is 13.5 Å². The number of aliphatic hydroxyl groups is 1. The number of nitrogens with one attached hydrogen (secondary N) is 2. The van der Waals surface area contributed by atoms with Crippen LogP contribution < -0.4 is 10.6 Å². The summed E-state index contributed by atoms with van der Waals surface area (Å²) in [5.74, 6) is 0. The zero-order valence-electron chi connectivity index (χ0n) is 16.7. The van der Waals surface area contributed by atoms with Gasteiger partial charge in [0.25, 0.3) is 0 Å². The monoisotopic (exact) mass is 405 g/mol. The zero-order chi connectivity index (χ0) is 19.7. The lowest BCUT2D eigenvalue weighted by Gasteiger charge is -2.27. The van der Waals surface area contributed by atoms with E-state index in [9.17, 15) is 9.90 Å². The molecule has 2 atom stereocenters. The SMILES string of the molecule is CC(C)(C)OC(=O)NC(Cc1ccccc1)C(O)CNCc1ccccn1.S. The van der Waals surface area contributed by atoms with Crippen LogP contribution in [-0.2, 0) is 17.7 Å². The third kappa shape index (κ3) is 9.21. The molecule has 2 aromatic rings. The summed E-state index contributed by atoms with van der Waals surface area (Å²) in [6, 6.07) is 15.0. The number of carbonyl (C=O) groups is 1. The van der Waals surface area contributed by atoms with E-state index in [4.69, 9.17) is 4.74 Å². The Balaban J connectivity index is 0.00000392. The molecule has 0 bridgehead atoms. The lowest BCUT2D eigenvalue weighted by Crippen LogP contribution is -2.49. The van der Waals surface area contributed by atoms with Crippen LogP contribution in [-0.4, -0.2) is 40.5 Å². The molecule has 0 saturated carbocycles. The molecule has 2 rings (SSSR count). The predicted octanol–water partition coefficient (Wildman–Crippen LogP) is 2.78. The summed E-state index contributed by atoms with van der Waals surface area (Å²) in [7, 11) is 0. The Morgan fingerprint density at radius 2 is 1.82 bits per heavy atom. The summed E-state index contributed by atoms with van der Waals surface area (Å²) in [6.07, 6.45) is 0.927. The molecular weight excluding hydrogens is 374 g/mol. The van der Waals surface area contributed by atoms with E-state index in [0.29, 0.717) is 19.5 Å². The first-order chi connectivity index (χ1) is 12.8. The standard InChI is InChI=1S/C21H29N3O3.H2S/c1-21(2,3)27-20(26)24-18(13-16-9-5-4-6-10-16)19(25)15-22-14-17-11-7-8-12-23-17;/h4-12,18-19,22,25H,13-15H2,1-3H3,(H,24,26);1H2. The Bertz CT molecular complexity index is 693. The number of aromatic nitrogens is 1. The molecule has 1 aromatic carbocycles. The van der Waals surface area contributed by atoms with Crippen molar-refractivity contribution in [2.45, 2.75) is 51.5 Å². The molecule has 0 saturated heterocycles. The molecule has 1 aromatic heterocycles. The van der Waals surface area contributed by atoms with E-state index >= 15 is 0 Å². The van der Waals surface area contributed by atoms with E-state index in [-0.39, 0.29) is 13.5 Å². The number of hydrogen-bond acceptors (Lipinski definition) is 5. The molecule has 0 aliphatic heterocycles. The van der Waals surface area contributed by atoms with Crippen LogP contribution in [0.3, 0.4) is 0 Å². The van der Waals surface area contributed by atoms with Crippen LogP contribution in [0.1, 0.15) is 32.0 Å². The molecule has 0 fully saturated rings. The zero-order valence-corrected chi connectivity index (χ0v) is 17.7.